The summed E-state index contributed by atoms with van der Waals surface area (Å²) < 4.78 is 14.8. The lowest BCUT2D eigenvalue weighted by atomic mass is 9.44. The first-order chi connectivity index (χ1) is 19.3. The van der Waals surface area contributed by atoms with Crippen LogP contribution in [0.2, 0.25) is 0 Å². The van der Waals surface area contributed by atoms with Crippen molar-refractivity contribution in [1.29, 1.82) is 0 Å². The van der Waals surface area contributed by atoms with E-state index >= 15 is 0 Å². The third kappa shape index (κ3) is 5.67. The largest absolute Gasteiger partial charge is 0.494 e. The molecule has 4 aliphatic rings. The first-order valence-electron chi connectivity index (χ1n) is 16.1. The first-order valence-corrected chi connectivity index (χ1v) is 17.7. The van der Waals surface area contributed by atoms with Crippen LogP contribution in [0.15, 0.2) is 57.5 Å². The Hall–Kier alpha value is -1.00. The lowest BCUT2D eigenvalue weighted by Crippen LogP contribution is -2.54. The summed E-state index contributed by atoms with van der Waals surface area (Å²) >= 11 is 7.16. The second-order valence-corrected chi connectivity index (χ2v) is 16.1. The van der Waals surface area contributed by atoms with E-state index in [1.54, 1.807) is 0 Å². The van der Waals surface area contributed by atoms with Crippen LogP contribution in [0.4, 0.5) is 0 Å². The van der Waals surface area contributed by atoms with Crippen molar-refractivity contribution in [3.05, 3.63) is 57.5 Å². The van der Waals surface area contributed by atoms with Gasteiger partial charge in [-0.2, -0.15) is 0 Å². The minimum Gasteiger partial charge on any atom is -0.494 e. The average Bonchev–Trinajstić information content (AvgIpc) is 3.29. The Kier molecular flexibility index (Phi) is 8.68. The maximum atomic E-state index is 6.52. The standard InChI is InChI=1S/C36H48Br2O2/c1-24(7-6-20-39-28-10-4-8-26(37)22-28)32-14-15-33-31-13-12-25-21-30(40-29-11-5-9-27(38)23-29)16-18-35(25,2)34(31)17-19-36(32,33)3/h4-5,8-11,22-25,30-34H,6-7,12-21H2,1-3H3/t24-,25?,30?,31+,32-,33+,34+,35+,36-/m1/s1. The maximum Gasteiger partial charge on any atom is 0.120 e. The molecule has 0 aliphatic heterocycles. The minimum absolute atomic E-state index is 0.377. The third-order valence-electron chi connectivity index (χ3n) is 12.3. The van der Waals surface area contributed by atoms with Gasteiger partial charge in [0.15, 0.2) is 0 Å². The molecule has 0 spiro atoms. The quantitative estimate of drug-likeness (QED) is 0.260. The van der Waals surface area contributed by atoms with Crippen molar-refractivity contribution in [1.82, 2.24) is 0 Å². The van der Waals surface area contributed by atoms with Gasteiger partial charge in [0.05, 0.1) is 12.7 Å². The topological polar surface area (TPSA) is 18.5 Å². The van der Waals surface area contributed by atoms with Gasteiger partial charge >= 0.3 is 0 Å². The summed E-state index contributed by atoms with van der Waals surface area (Å²) in [5, 5.41) is 0. The summed E-state index contributed by atoms with van der Waals surface area (Å²) in [4.78, 5) is 0. The lowest BCUT2D eigenvalue weighted by Gasteiger charge is -2.61. The molecule has 0 radical (unpaired) electrons. The molecule has 2 unspecified atom stereocenters. The molecule has 0 N–H and O–H groups in total. The molecule has 0 saturated heterocycles. The number of benzene rings is 2. The number of ether oxygens (including phenoxy) is 2. The van der Waals surface area contributed by atoms with Crippen LogP contribution in [0.5, 0.6) is 11.5 Å². The Morgan fingerprint density at radius 1 is 0.825 bits per heavy atom. The molecule has 0 bridgehead atoms. The molecule has 2 aromatic rings. The first kappa shape index (κ1) is 29.1. The van der Waals surface area contributed by atoms with Crippen molar-refractivity contribution in [2.75, 3.05) is 6.61 Å². The molecule has 40 heavy (non-hydrogen) atoms. The van der Waals surface area contributed by atoms with Crippen LogP contribution in [0.3, 0.4) is 0 Å². The van der Waals surface area contributed by atoms with Gasteiger partial charge < -0.3 is 9.47 Å². The van der Waals surface area contributed by atoms with E-state index in [4.69, 9.17) is 9.47 Å². The molecule has 4 heteroatoms. The Labute approximate surface area is 259 Å². The van der Waals surface area contributed by atoms with Crippen molar-refractivity contribution in [2.24, 2.45) is 46.3 Å². The van der Waals surface area contributed by atoms with Gasteiger partial charge in [0.25, 0.3) is 0 Å². The van der Waals surface area contributed by atoms with Gasteiger partial charge in [-0.1, -0.05) is 64.8 Å². The molecule has 2 aromatic carbocycles. The van der Waals surface area contributed by atoms with Crippen molar-refractivity contribution in [2.45, 2.75) is 97.5 Å². The highest BCUT2D eigenvalue weighted by molar-refractivity contribution is 9.10. The SMILES string of the molecule is C[C@H](CCCOc1cccc(Br)c1)[C@H]1CC[C@H]2[C@@H]3CCC4CC(Oc5cccc(Br)c5)CC[C@]4(C)[C@H]3CC[C@]12C. The van der Waals surface area contributed by atoms with Gasteiger partial charge in [-0.3, -0.25) is 0 Å². The van der Waals surface area contributed by atoms with Crippen LogP contribution in [-0.4, -0.2) is 12.7 Å². The van der Waals surface area contributed by atoms with E-state index in [9.17, 15) is 0 Å². The molecule has 0 amide bonds. The fourth-order valence-corrected chi connectivity index (χ4v) is 11.1. The Morgan fingerprint density at radius 3 is 2.30 bits per heavy atom. The van der Waals surface area contributed by atoms with E-state index in [0.29, 0.717) is 16.9 Å². The highest BCUT2D eigenvalue weighted by Crippen LogP contribution is 2.68. The summed E-state index contributed by atoms with van der Waals surface area (Å²) in [5.41, 5.74) is 1.05. The second kappa shape index (κ2) is 11.9. The van der Waals surface area contributed by atoms with Crippen LogP contribution in [0, 0.1) is 46.3 Å². The zero-order valence-electron chi connectivity index (χ0n) is 24.7. The van der Waals surface area contributed by atoms with Gasteiger partial charge in [-0.25, -0.2) is 0 Å². The zero-order chi connectivity index (χ0) is 27.9. The van der Waals surface area contributed by atoms with Gasteiger partial charge in [-0.05, 0) is 153 Å². The molecule has 0 aromatic heterocycles. The summed E-state index contributed by atoms with van der Waals surface area (Å²) in [6, 6.07) is 16.6. The molecule has 218 valence electrons. The normalized spacial score (nSPS) is 37.6. The molecule has 0 heterocycles. The van der Waals surface area contributed by atoms with E-state index in [1.165, 1.54) is 64.2 Å². The van der Waals surface area contributed by atoms with E-state index in [1.807, 2.05) is 0 Å². The number of hydrogen-bond donors (Lipinski definition) is 0. The molecule has 4 saturated carbocycles. The number of hydrogen-bond acceptors (Lipinski definition) is 2. The minimum atomic E-state index is 0.377. The maximum absolute atomic E-state index is 6.52. The lowest BCUT2D eigenvalue weighted by molar-refractivity contribution is -0.126. The van der Waals surface area contributed by atoms with Gasteiger partial charge in [0.1, 0.15) is 11.5 Å². The van der Waals surface area contributed by atoms with Gasteiger partial charge in [0, 0.05) is 8.95 Å². The molecule has 4 aliphatic carbocycles. The summed E-state index contributed by atoms with van der Waals surface area (Å²) in [6.07, 6.45) is 15.3. The molecule has 2 nitrogen and oxygen atoms in total. The fraction of sp³-hybridized carbons (Fsp3) is 0.667. The van der Waals surface area contributed by atoms with E-state index in [-0.39, 0.29) is 0 Å². The van der Waals surface area contributed by atoms with E-state index in [2.05, 4.69) is 101 Å². The average molecular weight is 673 g/mol. The van der Waals surface area contributed by atoms with Crippen LogP contribution >= 0.6 is 31.9 Å². The van der Waals surface area contributed by atoms with Gasteiger partial charge in [-0.15, -0.1) is 0 Å². The Balaban J connectivity index is 1.05. The molecular weight excluding hydrogens is 624 g/mol. The van der Waals surface area contributed by atoms with Crippen molar-refractivity contribution in [3.63, 3.8) is 0 Å². The number of rotatable bonds is 8. The van der Waals surface area contributed by atoms with E-state index in [0.717, 1.165) is 69.0 Å². The van der Waals surface area contributed by atoms with Gasteiger partial charge in [0.2, 0.25) is 0 Å². The van der Waals surface area contributed by atoms with Crippen LogP contribution in [-0.2, 0) is 0 Å². The number of fused-ring (bicyclic) bond motifs is 5. The molecule has 6 rings (SSSR count). The molecule has 9 atom stereocenters. The molecular formula is C36H48Br2O2. The highest BCUT2D eigenvalue weighted by Gasteiger charge is 2.60. The number of halogens is 2. The Bertz CT molecular complexity index is 1170. The van der Waals surface area contributed by atoms with Crippen LogP contribution < -0.4 is 9.47 Å². The van der Waals surface area contributed by atoms with Crippen molar-refractivity contribution >= 4 is 31.9 Å². The predicted octanol–water partition coefficient (Wildman–Crippen LogP) is 11.1. The molecule has 4 fully saturated rings. The van der Waals surface area contributed by atoms with E-state index < -0.39 is 0 Å². The van der Waals surface area contributed by atoms with Crippen LogP contribution in [0.1, 0.15) is 91.4 Å². The Morgan fingerprint density at radius 2 is 1.52 bits per heavy atom. The predicted molar refractivity (Wildman–Crippen MR) is 172 cm³/mol. The summed E-state index contributed by atoms with van der Waals surface area (Å²) in [6.45, 7) is 8.77. The fourth-order valence-electron chi connectivity index (χ4n) is 10.4. The van der Waals surface area contributed by atoms with Crippen LogP contribution in [0.25, 0.3) is 0 Å². The van der Waals surface area contributed by atoms with Crippen molar-refractivity contribution < 1.29 is 9.47 Å². The monoisotopic (exact) mass is 670 g/mol. The summed E-state index contributed by atoms with van der Waals surface area (Å²) in [7, 11) is 0. The summed E-state index contributed by atoms with van der Waals surface area (Å²) in [5.74, 6) is 7.29. The third-order valence-corrected chi connectivity index (χ3v) is 13.3. The highest BCUT2D eigenvalue weighted by atomic mass is 79.9. The zero-order valence-corrected chi connectivity index (χ0v) is 27.9. The second-order valence-electron chi connectivity index (χ2n) is 14.3. The smallest absolute Gasteiger partial charge is 0.120 e. The van der Waals surface area contributed by atoms with Crippen molar-refractivity contribution in [3.8, 4) is 11.5 Å².